The molecule has 0 spiro atoms. The molecule has 1 saturated heterocycles. The first kappa shape index (κ1) is 38.7. The molecule has 281 valence electrons. The van der Waals surface area contributed by atoms with Crippen LogP contribution in [-0.2, 0) is 32.3 Å². The van der Waals surface area contributed by atoms with E-state index < -0.39 is 7.26 Å². The third kappa shape index (κ3) is 6.86. The summed E-state index contributed by atoms with van der Waals surface area (Å²) in [4.78, 5) is 34.6. The van der Waals surface area contributed by atoms with Crippen molar-refractivity contribution in [3.05, 3.63) is 187 Å². The van der Waals surface area contributed by atoms with Crippen molar-refractivity contribution in [2.45, 2.75) is 6.92 Å². The number of benzene rings is 3. The molecule has 1 fully saturated rings. The van der Waals surface area contributed by atoms with Gasteiger partial charge in [-0.2, -0.15) is 0 Å². The van der Waals surface area contributed by atoms with Crippen molar-refractivity contribution in [3.63, 3.8) is 0 Å². The molecule has 0 bridgehead atoms. The molecule has 0 aliphatic carbocycles. The van der Waals surface area contributed by atoms with Crippen LogP contribution in [0.2, 0.25) is 0 Å². The van der Waals surface area contributed by atoms with E-state index in [-0.39, 0.29) is 11.8 Å². The van der Waals surface area contributed by atoms with Crippen LogP contribution < -0.4 is 15.9 Å². The fraction of sp³-hybridized carbons (Fsp3) is 0.104. The summed E-state index contributed by atoms with van der Waals surface area (Å²) < 4.78 is 9.57. The van der Waals surface area contributed by atoms with Gasteiger partial charge in [0.05, 0.1) is 4.88 Å². The Kier molecular flexibility index (Phi) is 11.1. The summed E-state index contributed by atoms with van der Waals surface area (Å²) >= 11 is 4.76. The Bertz CT molecular complexity index is 2620. The summed E-state index contributed by atoms with van der Waals surface area (Å²) in [6, 6.07) is 40.1. The van der Waals surface area contributed by atoms with Crippen molar-refractivity contribution < 1.29 is 32.3 Å². The Hall–Kier alpha value is -5.19. The number of hydrogen-bond donors (Lipinski definition) is 0. The molecule has 2 amide bonds. The molecule has 0 saturated carbocycles. The van der Waals surface area contributed by atoms with Gasteiger partial charge in [0, 0.05) is 11.9 Å². The van der Waals surface area contributed by atoms with E-state index >= 15 is 0 Å². The summed E-state index contributed by atoms with van der Waals surface area (Å²) in [5, 5.41) is 4.63. The first-order valence-electron chi connectivity index (χ1n) is 18.3. The zero-order valence-corrected chi connectivity index (χ0v) is 36.6. The predicted octanol–water partition coefficient (Wildman–Crippen LogP) is 8.53. The van der Waals surface area contributed by atoms with E-state index in [4.69, 9.17) is 4.74 Å². The second kappa shape index (κ2) is 16.3. The number of ether oxygens (including phenoxy) is 1. The number of thiophene rings is 2. The molecule has 0 unspecified atom stereocenters. The van der Waals surface area contributed by atoms with Gasteiger partial charge in [-0.25, -0.2) is 0 Å². The van der Waals surface area contributed by atoms with Gasteiger partial charge in [-0.1, -0.05) is 6.08 Å². The van der Waals surface area contributed by atoms with Gasteiger partial charge in [0.2, 0.25) is 0 Å². The molecule has 5 aromatic rings. The van der Waals surface area contributed by atoms with Gasteiger partial charge >= 0.3 is 295 Å². The maximum absolute atomic E-state index is 13.9. The topological polar surface area (TPSA) is 49.9 Å². The second-order valence-corrected chi connectivity index (χ2v) is 19.8. The molecule has 5 nitrogen and oxygen atoms in total. The van der Waals surface area contributed by atoms with Crippen LogP contribution in [0.4, 0.5) is 0 Å². The van der Waals surface area contributed by atoms with Crippen LogP contribution >= 0.6 is 29.9 Å². The SMILES string of the molecule is C=C1COCC1=CC(C#Cc1ccc(C2=C3C(=O)N(C)C(c4ccc(/C=C/C)s4)=C3C(=O)N2C)s1)=C([C]#[Os])[P+](c1ccccc1)(c1ccccc1)c1ccccc1. The molecule has 57 heavy (non-hydrogen) atoms. The van der Waals surface area contributed by atoms with Gasteiger partial charge in [-0.3, -0.25) is 0 Å². The van der Waals surface area contributed by atoms with Crippen LogP contribution in [0.5, 0.6) is 0 Å². The Balaban J connectivity index is 1.31. The number of fused-ring (bicyclic) bond motifs is 1. The molecule has 3 aliphatic rings. The van der Waals surface area contributed by atoms with Crippen LogP contribution in [-0.4, -0.2) is 48.9 Å². The quantitative estimate of drug-likeness (QED) is 0.116. The number of allylic oxidation sites excluding steroid dienone is 4. The molecular formula is C48H37N2O3OsPS2+. The summed E-state index contributed by atoms with van der Waals surface area (Å²) in [5.74, 6) is 6.77. The van der Waals surface area contributed by atoms with Crippen LogP contribution in [0, 0.1) is 16.2 Å². The van der Waals surface area contributed by atoms with E-state index in [1.54, 1.807) is 53.2 Å². The van der Waals surface area contributed by atoms with E-state index in [0.717, 1.165) is 41.5 Å². The van der Waals surface area contributed by atoms with Gasteiger partial charge < -0.3 is 0 Å². The first-order valence-corrected chi connectivity index (χ1v) is 23.0. The van der Waals surface area contributed by atoms with Gasteiger partial charge in [-0.15, -0.1) is 11.3 Å². The van der Waals surface area contributed by atoms with E-state index in [0.29, 0.717) is 35.8 Å². The Morgan fingerprint density at radius 3 is 1.77 bits per heavy atom. The standard InChI is InChI=1S/C48H37N2O3PS2.Os/c1-6-16-39-25-27-41(55-39)45-43-44(48(52)49(45)4)46(50(5)47(43)51)42-28-26-40(56-42)24-23-34(29-35-31-53-30-32(35)2)33(3)54(36-17-10-7-11-18-36,37-19-12-8-13-20-37)38-21-14-9-15-22-38;/h6-22,25-29H,2,30-31H2,1,4-5H3;/q+1;/b16-6+,34-33?,35-29?;. The third-order valence-electron chi connectivity index (χ3n) is 10.2. The Morgan fingerprint density at radius 1 is 0.754 bits per heavy atom. The summed E-state index contributed by atoms with van der Waals surface area (Å²) in [7, 11) is 0.948. The van der Waals surface area contributed by atoms with Crippen molar-refractivity contribution in [3.8, 4) is 16.2 Å². The average molecular weight is 975 g/mol. The number of carbonyl (C=O) groups is 2. The second-order valence-electron chi connectivity index (χ2n) is 13.6. The minimum atomic E-state index is -2.54. The normalized spacial score (nSPS) is 16.8. The molecule has 2 aromatic heterocycles. The van der Waals surface area contributed by atoms with Crippen molar-refractivity contribution in [2.75, 3.05) is 27.3 Å². The fourth-order valence-corrected chi connectivity index (χ4v) is 15.3. The molecule has 0 atom stereocenters. The number of amides is 2. The molecule has 8 rings (SSSR count). The maximum atomic E-state index is 13.9. The summed E-state index contributed by atoms with van der Waals surface area (Å²) in [6.07, 6.45) is 6.15. The first-order chi connectivity index (χ1) is 27.8. The third-order valence-corrected chi connectivity index (χ3v) is 17.6. The number of carbonyl (C=O) groups excluding carboxylic acids is 2. The number of hydrogen-bond acceptors (Lipinski definition) is 5. The molecule has 0 radical (unpaired) electrons. The van der Waals surface area contributed by atoms with Gasteiger partial charge in [0.1, 0.15) is 0 Å². The van der Waals surface area contributed by atoms with E-state index in [1.165, 1.54) is 27.3 Å². The number of rotatable bonds is 8. The zero-order valence-electron chi connectivity index (χ0n) is 31.6. The summed E-state index contributed by atoms with van der Waals surface area (Å²) in [6.45, 7) is 7.22. The Labute approximate surface area is 352 Å². The van der Waals surface area contributed by atoms with Crippen LogP contribution in [0.1, 0.15) is 26.4 Å². The van der Waals surface area contributed by atoms with E-state index in [9.17, 15) is 9.59 Å². The molecule has 0 N–H and O–H groups in total. The summed E-state index contributed by atoms with van der Waals surface area (Å²) in [5.41, 5.74) is 4.95. The van der Waals surface area contributed by atoms with Crippen LogP contribution in [0.25, 0.3) is 17.5 Å². The van der Waals surface area contributed by atoms with Gasteiger partial charge in [-0.05, 0) is 25.1 Å². The Morgan fingerprint density at radius 2 is 1.28 bits per heavy atom. The van der Waals surface area contributed by atoms with Crippen molar-refractivity contribution in [1.82, 2.24) is 9.80 Å². The number of likely N-dealkylation sites (N-methyl/N-ethyl adjacent to an activating group) is 2. The van der Waals surface area contributed by atoms with Crippen molar-refractivity contribution in [1.29, 1.82) is 0 Å². The fourth-order valence-electron chi connectivity index (χ4n) is 7.54. The monoisotopic (exact) mass is 976 g/mol. The van der Waals surface area contributed by atoms with Crippen LogP contribution in [0.15, 0.2) is 167 Å². The average Bonchev–Trinajstić information content (AvgIpc) is 4.08. The van der Waals surface area contributed by atoms with Crippen LogP contribution in [0.3, 0.4) is 0 Å². The van der Waals surface area contributed by atoms with Crippen molar-refractivity contribution >= 4 is 75.1 Å². The van der Waals surface area contributed by atoms with Gasteiger partial charge in [0.25, 0.3) is 0 Å². The van der Waals surface area contributed by atoms with E-state index in [1.807, 2.05) is 43.3 Å². The number of nitrogens with zero attached hydrogens (tertiary/aromatic N) is 2. The molecular weight excluding hydrogens is 938 g/mol. The molecule has 3 aliphatic heterocycles. The van der Waals surface area contributed by atoms with E-state index in [2.05, 4.69) is 120 Å². The van der Waals surface area contributed by atoms with Gasteiger partial charge in [0.15, 0.2) is 0 Å². The molecule has 9 heteroatoms. The molecule has 5 heterocycles. The molecule has 3 aromatic carbocycles. The van der Waals surface area contributed by atoms with Crippen molar-refractivity contribution in [2.24, 2.45) is 0 Å². The zero-order chi connectivity index (χ0) is 39.7. The predicted molar refractivity (Wildman–Crippen MR) is 234 cm³/mol. The minimum absolute atomic E-state index is 0.187.